The molecule has 1 fully saturated rings. The Morgan fingerprint density at radius 1 is 1.07 bits per heavy atom. The first-order valence-corrected chi connectivity index (χ1v) is 15.7. The molecule has 0 radical (unpaired) electrons. The van der Waals surface area contributed by atoms with E-state index in [0.29, 0.717) is 6.29 Å². The van der Waals surface area contributed by atoms with Crippen LogP contribution in [-0.2, 0) is 24.2 Å². The number of amides is 3. The van der Waals surface area contributed by atoms with Crippen molar-refractivity contribution >= 4 is 45.4 Å². The summed E-state index contributed by atoms with van der Waals surface area (Å²) >= 11 is 0. The van der Waals surface area contributed by atoms with Gasteiger partial charge < -0.3 is 30.2 Å². The second-order valence-electron chi connectivity index (χ2n) is 10.4. The Hall–Kier alpha value is -5.05. The van der Waals surface area contributed by atoms with Crippen LogP contribution in [0.2, 0.25) is 0 Å². The van der Waals surface area contributed by atoms with Crippen LogP contribution in [-0.4, -0.2) is 64.0 Å². The monoisotopic (exact) mass is 658 g/mol. The van der Waals surface area contributed by atoms with E-state index in [1.807, 2.05) is 0 Å². The largest absolute Gasteiger partial charge is 0.494 e. The van der Waals surface area contributed by atoms with Crippen LogP contribution in [0.4, 0.5) is 25.0 Å². The van der Waals surface area contributed by atoms with Gasteiger partial charge >= 0.3 is 6.09 Å². The summed E-state index contributed by atoms with van der Waals surface area (Å²) in [6.45, 7) is 1.42. The number of aldehydes is 1. The fraction of sp³-hybridized carbons (Fsp3) is 0.290. The molecule has 1 aliphatic heterocycles. The van der Waals surface area contributed by atoms with Gasteiger partial charge in [0, 0.05) is 23.7 Å². The molecule has 1 saturated heterocycles. The number of sulfone groups is 1. The Morgan fingerprint density at radius 3 is 2.41 bits per heavy atom. The Labute approximate surface area is 263 Å². The molecular formula is C31H32F2N4O8S. The van der Waals surface area contributed by atoms with Gasteiger partial charge in [-0.2, -0.15) is 0 Å². The van der Waals surface area contributed by atoms with Crippen molar-refractivity contribution in [3.8, 4) is 5.75 Å². The molecule has 244 valence electrons. The van der Waals surface area contributed by atoms with Crippen molar-refractivity contribution in [3.05, 3.63) is 82.9 Å². The van der Waals surface area contributed by atoms with Gasteiger partial charge in [0.2, 0.25) is 11.8 Å². The number of carbonyl (C=O) groups is 4. The van der Waals surface area contributed by atoms with E-state index >= 15 is 4.39 Å². The summed E-state index contributed by atoms with van der Waals surface area (Å²) in [5.74, 6) is -4.55. The topological polar surface area (TPSA) is 174 Å². The number of halogens is 2. The Kier molecular flexibility index (Phi) is 10.2. The number of nitrogens with one attached hydrogen (secondary N) is 2. The fourth-order valence-corrected chi connectivity index (χ4v) is 6.45. The molecule has 0 aliphatic carbocycles. The number of primary amides is 1. The van der Waals surface area contributed by atoms with Gasteiger partial charge in [0.25, 0.3) is 0 Å². The standard InChI is InChI=1S/C31H32F2N4O8S/c1-4-46(42,43)26-10-7-20(35-31(41)45-3)15-21(26)28-19(16-38)11-12-37(28)30(40)27(17-5-9-23(33)25(14-17)44-2)36-24-13-18(29(34)39)6-8-22(24)32/h5-10,13-16,19,27-28,36H,4,11-12H2,1-3H3,(H2,34,39)(H,35,41)/t19-,27-,28+/m0/s1. The number of rotatable bonds is 11. The molecule has 46 heavy (non-hydrogen) atoms. The maximum absolute atomic E-state index is 15.0. The molecule has 3 aromatic rings. The molecule has 3 aromatic carbocycles. The van der Waals surface area contributed by atoms with Crippen LogP contribution in [0, 0.1) is 17.6 Å². The van der Waals surface area contributed by atoms with Crippen LogP contribution in [0.3, 0.4) is 0 Å². The summed E-state index contributed by atoms with van der Waals surface area (Å²) in [6, 6.07) is 8.20. The van der Waals surface area contributed by atoms with Crippen molar-refractivity contribution in [2.75, 3.05) is 37.2 Å². The van der Waals surface area contributed by atoms with Gasteiger partial charge in [-0.05, 0) is 66.1 Å². The van der Waals surface area contributed by atoms with Crippen molar-refractivity contribution in [2.45, 2.75) is 30.3 Å². The molecule has 4 rings (SSSR count). The lowest BCUT2D eigenvalue weighted by Crippen LogP contribution is -2.39. The number of hydrogen-bond donors (Lipinski definition) is 3. The van der Waals surface area contributed by atoms with Crippen molar-refractivity contribution < 1.29 is 45.9 Å². The van der Waals surface area contributed by atoms with E-state index in [4.69, 9.17) is 10.5 Å². The van der Waals surface area contributed by atoms with E-state index in [2.05, 4.69) is 15.4 Å². The van der Waals surface area contributed by atoms with E-state index < -0.39 is 57.4 Å². The number of ether oxygens (including phenoxy) is 2. The molecule has 3 atom stereocenters. The average Bonchev–Trinajstić information content (AvgIpc) is 3.48. The van der Waals surface area contributed by atoms with Crippen LogP contribution >= 0.6 is 0 Å². The van der Waals surface area contributed by atoms with Crippen LogP contribution in [0.15, 0.2) is 59.5 Å². The fourth-order valence-electron chi connectivity index (χ4n) is 5.32. The number of benzene rings is 3. The Bertz CT molecular complexity index is 1790. The highest BCUT2D eigenvalue weighted by Crippen LogP contribution is 2.42. The van der Waals surface area contributed by atoms with E-state index in [0.717, 1.165) is 31.4 Å². The maximum atomic E-state index is 15.0. The van der Waals surface area contributed by atoms with Crippen molar-refractivity contribution in [2.24, 2.45) is 11.7 Å². The maximum Gasteiger partial charge on any atom is 0.411 e. The molecule has 0 unspecified atom stereocenters. The zero-order chi connectivity index (χ0) is 33.8. The molecule has 15 heteroatoms. The lowest BCUT2D eigenvalue weighted by molar-refractivity contribution is -0.133. The molecule has 1 aliphatic rings. The summed E-state index contributed by atoms with van der Waals surface area (Å²) in [5.41, 5.74) is 5.37. The van der Waals surface area contributed by atoms with E-state index in [1.165, 1.54) is 49.3 Å². The molecular weight excluding hydrogens is 626 g/mol. The normalized spacial score (nSPS) is 16.8. The van der Waals surface area contributed by atoms with E-state index in [-0.39, 0.29) is 57.4 Å². The predicted molar refractivity (Wildman–Crippen MR) is 163 cm³/mol. The van der Waals surface area contributed by atoms with E-state index in [1.54, 1.807) is 0 Å². The van der Waals surface area contributed by atoms with Gasteiger partial charge in [-0.1, -0.05) is 13.0 Å². The molecule has 0 spiro atoms. The molecule has 3 amide bonds. The lowest BCUT2D eigenvalue weighted by atomic mass is 9.93. The zero-order valence-corrected chi connectivity index (χ0v) is 25.9. The number of nitrogens with zero attached hydrogens (tertiary/aromatic N) is 1. The average molecular weight is 659 g/mol. The molecule has 0 aromatic heterocycles. The van der Waals surface area contributed by atoms with Crippen molar-refractivity contribution in [3.63, 3.8) is 0 Å². The van der Waals surface area contributed by atoms with Gasteiger partial charge in [0.1, 0.15) is 18.1 Å². The third-order valence-electron chi connectivity index (χ3n) is 7.68. The summed E-state index contributed by atoms with van der Waals surface area (Å²) in [5, 5.41) is 5.24. The highest BCUT2D eigenvalue weighted by molar-refractivity contribution is 7.91. The smallest absolute Gasteiger partial charge is 0.411 e. The van der Waals surface area contributed by atoms with Crippen LogP contribution in [0.1, 0.15) is 46.9 Å². The summed E-state index contributed by atoms with van der Waals surface area (Å²) in [4.78, 5) is 51.8. The van der Waals surface area contributed by atoms with Gasteiger partial charge in [-0.15, -0.1) is 0 Å². The Morgan fingerprint density at radius 2 is 1.78 bits per heavy atom. The summed E-state index contributed by atoms with van der Waals surface area (Å²) < 4.78 is 65.6. The molecule has 1 heterocycles. The minimum Gasteiger partial charge on any atom is -0.494 e. The molecule has 0 saturated carbocycles. The first-order valence-electron chi connectivity index (χ1n) is 14.0. The number of nitrogens with two attached hydrogens (primary N) is 1. The summed E-state index contributed by atoms with van der Waals surface area (Å²) in [7, 11) is -1.55. The van der Waals surface area contributed by atoms with E-state index in [9.17, 15) is 32.0 Å². The first kappa shape index (κ1) is 33.8. The number of anilines is 2. The number of likely N-dealkylation sites (tertiary alicyclic amines) is 1. The zero-order valence-electron chi connectivity index (χ0n) is 25.1. The number of methoxy groups -OCH3 is 2. The minimum absolute atomic E-state index is 0.0203. The number of hydrogen-bond acceptors (Lipinski definition) is 9. The predicted octanol–water partition coefficient (Wildman–Crippen LogP) is 3.99. The summed E-state index contributed by atoms with van der Waals surface area (Å²) in [6.07, 6.45) is -0.0799. The Balaban J connectivity index is 1.89. The third-order valence-corrected chi connectivity index (χ3v) is 9.49. The van der Waals surface area contributed by atoms with Gasteiger partial charge in [0.05, 0.1) is 36.6 Å². The van der Waals surface area contributed by atoms with Crippen LogP contribution in [0.25, 0.3) is 0 Å². The van der Waals surface area contributed by atoms with Crippen LogP contribution in [0.5, 0.6) is 5.75 Å². The minimum atomic E-state index is -3.92. The quantitative estimate of drug-likeness (QED) is 0.258. The lowest BCUT2D eigenvalue weighted by Gasteiger charge is -2.32. The van der Waals surface area contributed by atoms with Gasteiger partial charge in [-0.3, -0.25) is 14.9 Å². The van der Waals surface area contributed by atoms with Crippen molar-refractivity contribution in [1.82, 2.24) is 4.90 Å². The highest BCUT2D eigenvalue weighted by atomic mass is 32.2. The highest BCUT2D eigenvalue weighted by Gasteiger charge is 2.43. The number of carbonyl (C=O) groups excluding carboxylic acids is 4. The first-order chi connectivity index (χ1) is 21.8. The molecule has 0 bridgehead atoms. The molecule has 4 N–H and O–H groups in total. The van der Waals surface area contributed by atoms with Gasteiger partial charge in [0.15, 0.2) is 21.4 Å². The van der Waals surface area contributed by atoms with Gasteiger partial charge in [-0.25, -0.2) is 22.0 Å². The van der Waals surface area contributed by atoms with Crippen molar-refractivity contribution in [1.29, 1.82) is 0 Å². The molecule has 12 nitrogen and oxygen atoms in total. The SMILES string of the molecule is CCS(=O)(=O)c1ccc(NC(=O)OC)cc1[C@H]1[C@H](C=O)CCN1C(=O)[C@@H](Nc1cc(C(N)=O)ccc1F)c1ccc(F)c(OC)c1. The third kappa shape index (κ3) is 6.93. The van der Waals surface area contributed by atoms with Crippen LogP contribution < -0.4 is 21.1 Å². The second kappa shape index (κ2) is 13.9. The second-order valence-corrected chi connectivity index (χ2v) is 12.6.